The highest BCUT2D eigenvalue weighted by Gasteiger charge is 2.54. The number of nitrogens with one attached hydrogen (secondary N) is 1. The van der Waals surface area contributed by atoms with E-state index in [4.69, 9.17) is 0 Å². The van der Waals surface area contributed by atoms with Crippen molar-refractivity contribution >= 4 is 39.9 Å². The van der Waals surface area contributed by atoms with Crippen LogP contribution in [0.2, 0.25) is 0 Å². The molecule has 8 rings (SSSR count). The number of hydrogen-bond donors (Lipinski definition) is 1. The van der Waals surface area contributed by atoms with Crippen LogP contribution in [-0.4, -0.2) is 58.6 Å². The Hall–Kier alpha value is -4.37. The van der Waals surface area contributed by atoms with Crippen LogP contribution in [0.5, 0.6) is 0 Å². The number of benzene rings is 2. The topological polar surface area (TPSA) is 95.5 Å². The van der Waals surface area contributed by atoms with Crippen LogP contribution in [-0.2, 0) is 9.59 Å². The van der Waals surface area contributed by atoms with E-state index in [-0.39, 0.29) is 23.4 Å². The van der Waals surface area contributed by atoms with Gasteiger partial charge in [0, 0.05) is 49.6 Å². The quantitative estimate of drug-likeness (QED) is 0.280. The van der Waals surface area contributed by atoms with Crippen molar-refractivity contribution in [1.82, 2.24) is 14.9 Å². The van der Waals surface area contributed by atoms with Crippen LogP contribution in [0.25, 0.3) is 0 Å². The van der Waals surface area contributed by atoms with E-state index >= 15 is 0 Å². The molecular weight excluding hydrogens is 534 g/mol. The fraction of sp³-hybridized carbons (Fsp3) is 0.281. The molecule has 3 aliphatic carbocycles. The number of rotatable bonds is 5. The predicted molar refractivity (Wildman–Crippen MR) is 157 cm³/mol. The van der Waals surface area contributed by atoms with Gasteiger partial charge in [0.05, 0.1) is 5.41 Å². The Balaban J connectivity index is 1.05. The molecule has 206 valence electrons. The van der Waals surface area contributed by atoms with Gasteiger partial charge in [0.25, 0.3) is 11.7 Å². The maximum absolute atomic E-state index is 13.9. The van der Waals surface area contributed by atoms with Crippen LogP contribution >= 0.6 is 11.3 Å². The number of carbonyl (C=O) groups is 3. The van der Waals surface area contributed by atoms with Crippen molar-refractivity contribution in [1.29, 1.82) is 0 Å². The molecule has 1 atom stereocenters. The molecule has 9 heteroatoms. The number of fused-ring (bicyclic) bond motifs is 1. The van der Waals surface area contributed by atoms with E-state index in [0.717, 1.165) is 5.82 Å². The monoisotopic (exact) mass is 563 g/mol. The summed E-state index contributed by atoms with van der Waals surface area (Å²) in [4.78, 5) is 52.4. The number of carbonyl (C=O) groups excluding carboxylic acids is 3. The first-order valence-electron chi connectivity index (χ1n) is 13.9. The molecule has 2 bridgehead atoms. The van der Waals surface area contributed by atoms with Crippen molar-refractivity contribution in [2.75, 3.05) is 36.4 Å². The fourth-order valence-electron chi connectivity index (χ4n) is 6.80. The Labute approximate surface area is 242 Å². The lowest BCUT2D eigenvalue weighted by molar-refractivity contribution is -0.127. The summed E-state index contributed by atoms with van der Waals surface area (Å²) in [7, 11) is 0. The summed E-state index contributed by atoms with van der Waals surface area (Å²) in [6.45, 7) is 4.08. The van der Waals surface area contributed by atoms with Crippen LogP contribution < -0.4 is 10.2 Å². The molecule has 8 nitrogen and oxygen atoms in total. The Morgan fingerprint density at radius 2 is 1.51 bits per heavy atom. The molecule has 3 heterocycles. The molecule has 1 unspecified atom stereocenters. The van der Waals surface area contributed by atoms with E-state index < -0.39 is 17.1 Å². The van der Waals surface area contributed by atoms with Gasteiger partial charge in [-0.3, -0.25) is 14.4 Å². The number of aromatic nitrogens is 2. The number of ketones is 1. The predicted octanol–water partition coefficient (Wildman–Crippen LogP) is 4.70. The van der Waals surface area contributed by atoms with Gasteiger partial charge in [0.2, 0.25) is 5.91 Å². The third-order valence-electron chi connectivity index (χ3n) is 8.84. The Morgan fingerprint density at radius 3 is 2.15 bits per heavy atom. The third-order valence-corrected chi connectivity index (χ3v) is 9.60. The summed E-state index contributed by atoms with van der Waals surface area (Å²) in [5.41, 5.74) is 4.36. The highest BCUT2D eigenvalue weighted by Crippen LogP contribution is 2.61. The van der Waals surface area contributed by atoms with Gasteiger partial charge in [-0.15, -0.1) is 11.3 Å². The van der Waals surface area contributed by atoms with Gasteiger partial charge in [-0.2, -0.15) is 0 Å². The minimum atomic E-state index is -0.688. The molecular formula is C32H29N5O3S. The van der Waals surface area contributed by atoms with Gasteiger partial charge < -0.3 is 15.1 Å². The van der Waals surface area contributed by atoms with Gasteiger partial charge in [0.15, 0.2) is 5.13 Å². The fourth-order valence-corrected chi connectivity index (χ4v) is 7.48. The van der Waals surface area contributed by atoms with E-state index in [1.807, 2.05) is 37.3 Å². The Kier molecular flexibility index (Phi) is 6.19. The van der Waals surface area contributed by atoms with Crippen molar-refractivity contribution in [3.05, 3.63) is 106 Å². The van der Waals surface area contributed by atoms with Crippen molar-refractivity contribution in [2.45, 2.75) is 25.2 Å². The number of thiazole rings is 1. The second kappa shape index (κ2) is 9.92. The van der Waals surface area contributed by atoms with Gasteiger partial charge in [0.1, 0.15) is 11.5 Å². The van der Waals surface area contributed by atoms with Gasteiger partial charge in [-0.05, 0) is 47.7 Å². The summed E-state index contributed by atoms with van der Waals surface area (Å²) in [5, 5.41) is 4.88. The molecule has 1 N–H and O–H groups in total. The first kappa shape index (κ1) is 25.6. The highest BCUT2D eigenvalue weighted by molar-refractivity contribution is 7.14. The molecule has 41 heavy (non-hydrogen) atoms. The SMILES string of the molecule is CC1(C(=O)Nc2nc(C(=O)C(=O)N3CCN(c4ccccn4)CC3)cs2)CC2c3ccccc3C1c1ccccc12. The maximum Gasteiger partial charge on any atom is 0.296 e. The highest BCUT2D eigenvalue weighted by atomic mass is 32.1. The summed E-state index contributed by atoms with van der Waals surface area (Å²) in [5.74, 6) is -0.420. The third kappa shape index (κ3) is 4.23. The van der Waals surface area contributed by atoms with Crippen LogP contribution in [0.3, 0.4) is 0 Å². The minimum Gasteiger partial charge on any atom is -0.353 e. The van der Waals surface area contributed by atoms with E-state index in [1.165, 1.54) is 33.6 Å². The first-order chi connectivity index (χ1) is 19.9. The second-order valence-electron chi connectivity index (χ2n) is 11.2. The molecule has 1 aliphatic heterocycles. The zero-order chi connectivity index (χ0) is 28.1. The van der Waals surface area contributed by atoms with Crippen LogP contribution in [0, 0.1) is 5.41 Å². The molecule has 0 saturated carbocycles. The average Bonchev–Trinajstić information content (AvgIpc) is 3.49. The standard InChI is InChI=1S/C32H29N5O3S/c1-32(18-24-20-8-2-4-10-22(20)27(32)23-11-5-3-9-21(23)24)30(40)35-31-34-25(19-41-31)28(38)29(39)37-16-14-36(15-17-37)26-12-6-7-13-33-26/h2-13,19,24,27H,14-18H2,1H3,(H,34,35,40). The van der Waals surface area contributed by atoms with Crippen LogP contribution in [0.4, 0.5) is 10.9 Å². The lowest BCUT2D eigenvalue weighted by Crippen LogP contribution is -2.50. The smallest absolute Gasteiger partial charge is 0.296 e. The van der Waals surface area contributed by atoms with E-state index in [0.29, 0.717) is 37.7 Å². The second-order valence-corrected chi connectivity index (χ2v) is 12.0. The van der Waals surface area contributed by atoms with Crippen LogP contribution in [0.15, 0.2) is 78.3 Å². The number of Topliss-reactive ketones (excluding diaryl/α,β-unsaturated/α-hetero) is 1. The average molecular weight is 564 g/mol. The molecule has 2 aromatic heterocycles. The molecule has 4 aromatic rings. The molecule has 2 aromatic carbocycles. The van der Waals surface area contributed by atoms with Crippen molar-refractivity contribution in [3.8, 4) is 0 Å². The van der Waals surface area contributed by atoms with Crippen molar-refractivity contribution < 1.29 is 14.4 Å². The molecule has 0 spiro atoms. The summed E-state index contributed by atoms with van der Waals surface area (Å²) >= 11 is 1.17. The largest absolute Gasteiger partial charge is 0.353 e. The molecule has 2 amide bonds. The Morgan fingerprint density at radius 1 is 0.878 bits per heavy atom. The van der Waals surface area contributed by atoms with Gasteiger partial charge in [-0.1, -0.05) is 54.6 Å². The number of hydrogen-bond acceptors (Lipinski definition) is 7. The van der Waals surface area contributed by atoms with Gasteiger partial charge in [-0.25, -0.2) is 9.97 Å². The van der Waals surface area contributed by atoms with E-state index in [9.17, 15) is 14.4 Å². The number of piperazine rings is 1. The normalized spacial score (nSPS) is 22.6. The number of pyridine rings is 1. The summed E-state index contributed by atoms with van der Waals surface area (Å²) < 4.78 is 0. The minimum absolute atomic E-state index is 0.0634. The molecule has 0 radical (unpaired) electrons. The summed E-state index contributed by atoms with van der Waals surface area (Å²) in [6, 6.07) is 22.6. The molecule has 4 aliphatic rings. The van der Waals surface area contributed by atoms with Gasteiger partial charge >= 0.3 is 0 Å². The lowest BCUT2D eigenvalue weighted by atomic mass is 9.52. The van der Waals surface area contributed by atoms with Crippen molar-refractivity contribution in [2.24, 2.45) is 5.41 Å². The summed E-state index contributed by atoms with van der Waals surface area (Å²) in [6.07, 6.45) is 2.43. The van der Waals surface area contributed by atoms with E-state index in [1.54, 1.807) is 16.5 Å². The number of anilines is 2. The van der Waals surface area contributed by atoms with Crippen LogP contribution in [0.1, 0.15) is 57.9 Å². The molecule has 1 fully saturated rings. The van der Waals surface area contributed by atoms with E-state index in [2.05, 4.69) is 56.6 Å². The van der Waals surface area contributed by atoms with Crippen molar-refractivity contribution in [3.63, 3.8) is 0 Å². The first-order valence-corrected chi connectivity index (χ1v) is 14.8. The maximum atomic E-state index is 13.9. The molecule has 1 saturated heterocycles. The number of amides is 2. The Bertz CT molecular complexity index is 1620. The zero-order valence-electron chi connectivity index (χ0n) is 22.6. The lowest BCUT2D eigenvalue weighted by Gasteiger charge is -2.50. The number of nitrogens with zero attached hydrogens (tertiary/aromatic N) is 4. The zero-order valence-corrected chi connectivity index (χ0v) is 23.4.